The SMILES string of the molecule is O=C(NNC(=O)c1cc(-c2ccco2)nc2ccccc12)c1cnc2ccccc2n1. The normalized spacial score (nSPS) is 10.8. The summed E-state index contributed by atoms with van der Waals surface area (Å²) < 4.78 is 5.42. The fourth-order valence-electron chi connectivity index (χ4n) is 3.23. The molecule has 0 spiro atoms. The molecule has 3 heterocycles. The van der Waals surface area contributed by atoms with Gasteiger partial charge in [0.1, 0.15) is 11.4 Å². The first-order valence-corrected chi connectivity index (χ1v) is 9.45. The Morgan fingerprint density at radius 2 is 1.52 bits per heavy atom. The molecule has 0 aliphatic rings. The number of nitrogens with one attached hydrogen (secondary N) is 2. The number of furan rings is 1. The van der Waals surface area contributed by atoms with Crippen LogP contribution in [0, 0.1) is 0 Å². The number of rotatable bonds is 3. The summed E-state index contributed by atoms with van der Waals surface area (Å²) in [6.45, 7) is 0. The molecular formula is C23H15N5O3. The Hall–Kier alpha value is -4.59. The minimum atomic E-state index is -0.573. The van der Waals surface area contributed by atoms with Crippen molar-refractivity contribution >= 4 is 33.8 Å². The van der Waals surface area contributed by atoms with Crippen LogP contribution in [0.3, 0.4) is 0 Å². The lowest BCUT2D eigenvalue weighted by Crippen LogP contribution is -2.42. The minimum absolute atomic E-state index is 0.0925. The summed E-state index contributed by atoms with van der Waals surface area (Å²) in [6.07, 6.45) is 2.90. The van der Waals surface area contributed by atoms with Crippen molar-refractivity contribution in [2.24, 2.45) is 0 Å². The average Bonchev–Trinajstić information content (AvgIpc) is 3.36. The third kappa shape index (κ3) is 3.58. The van der Waals surface area contributed by atoms with E-state index in [1.165, 1.54) is 12.5 Å². The molecule has 0 saturated heterocycles. The molecule has 2 N–H and O–H groups in total. The van der Waals surface area contributed by atoms with Gasteiger partial charge < -0.3 is 4.42 Å². The standard InChI is InChI=1S/C23H15N5O3/c29-22(27-28-23(30)20-13-24-17-8-3-4-9-18(17)26-20)15-12-19(21-10-5-11-31-21)25-16-7-2-1-6-14(15)16/h1-13H,(H,27,29)(H,28,30). The summed E-state index contributed by atoms with van der Waals surface area (Å²) in [5.74, 6) is -0.528. The molecule has 0 saturated carbocycles. The monoisotopic (exact) mass is 409 g/mol. The summed E-state index contributed by atoms with van der Waals surface area (Å²) in [5.41, 5.74) is 7.70. The molecule has 0 atom stereocenters. The molecule has 0 radical (unpaired) electrons. The fraction of sp³-hybridized carbons (Fsp3) is 0. The van der Waals surface area contributed by atoms with Gasteiger partial charge in [-0.25, -0.2) is 9.97 Å². The Labute approximate surface area is 175 Å². The van der Waals surface area contributed by atoms with E-state index in [9.17, 15) is 9.59 Å². The van der Waals surface area contributed by atoms with E-state index in [1.54, 1.807) is 36.4 Å². The number of carbonyl (C=O) groups excluding carboxylic acids is 2. The highest BCUT2D eigenvalue weighted by Gasteiger charge is 2.16. The van der Waals surface area contributed by atoms with Gasteiger partial charge in [0.25, 0.3) is 11.8 Å². The van der Waals surface area contributed by atoms with Crippen LogP contribution in [0.4, 0.5) is 0 Å². The highest BCUT2D eigenvalue weighted by molar-refractivity contribution is 6.08. The van der Waals surface area contributed by atoms with E-state index in [2.05, 4.69) is 25.8 Å². The maximum atomic E-state index is 12.9. The van der Waals surface area contributed by atoms with Crippen LogP contribution in [0.2, 0.25) is 0 Å². The van der Waals surface area contributed by atoms with Crippen molar-refractivity contribution in [1.82, 2.24) is 25.8 Å². The number of fused-ring (bicyclic) bond motifs is 2. The molecule has 8 heteroatoms. The van der Waals surface area contributed by atoms with Crippen molar-refractivity contribution in [3.63, 3.8) is 0 Å². The first-order chi connectivity index (χ1) is 15.2. The quantitative estimate of drug-likeness (QED) is 0.441. The molecule has 150 valence electrons. The molecular weight excluding hydrogens is 394 g/mol. The summed E-state index contributed by atoms with van der Waals surface area (Å²) >= 11 is 0. The van der Waals surface area contributed by atoms with E-state index in [1.807, 2.05) is 30.3 Å². The predicted molar refractivity (Wildman–Crippen MR) is 114 cm³/mol. The number of amides is 2. The zero-order valence-corrected chi connectivity index (χ0v) is 16.1. The molecule has 0 unspecified atom stereocenters. The third-order valence-corrected chi connectivity index (χ3v) is 4.71. The van der Waals surface area contributed by atoms with Gasteiger partial charge in [-0.2, -0.15) is 0 Å². The minimum Gasteiger partial charge on any atom is -0.463 e. The molecule has 0 bridgehead atoms. The Balaban J connectivity index is 1.41. The van der Waals surface area contributed by atoms with Crippen molar-refractivity contribution in [2.45, 2.75) is 0 Å². The number of para-hydroxylation sites is 3. The van der Waals surface area contributed by atoms with E-state index in [0.29, 0.717) is 39.0 Å². The van der Waals surface area contributed by atoms with Gasteiger partial charge in [-0.05, 0) is 36.4 Å². The summed E-state index contributed by atoms with van der Waals surface area (Å²) in [5, 5.41) is 0.648. The predicted octanol–water partition coefficient (Wildman–Crippen LogP) is 3.51. The van der Waals surface area contributed by atoms with Crippen molar-refractivity contribution in [3.05, 3.63) is 90.4 Å². The lowest BCUT2D eigenvalue weighted by Gasteiger charge is -2.10. The van der Waals surface area contributed by atoms with Gasteiger partial charge in [0, 0.05) is 5.39 Å². The van der Waals surface area contributed by atoms with Crippen molar-refractivity contribution in [2.75, 3.05) is 0 Å². The molecule has 2 amide bonds. The van der Waals surface area contributed by atoms with Crippen LogP contribution >= 0.6 is 0 Å². The van der Waals surface area contributed by atoms with Crippen LogP contribution in [-0.2, 0) is 0 Å². The maximum Gasteiger partial charge on any atom is 0.289 e. The van der Waals surface area contributed by atoms with Crippen LogP contribution in [0.5, 0.6) is 0 Å². The number of nitrogens with zero attached hydrogens (tertiary/aromatic N) is 3. The zero-order valence-electron chi connectivity index (χ0n) is 16.1. The molecule has 31 heavy (non-hydrogen) atoms. The van der Waals surface area contributed by atoms with Gasteiger partial charge in [-0.15, -0.1) is 0 Å². The average molecular weight is 409 g/mol. The second kappa shape index (κ2) is 7.68. The van der Waals surface area contributed by atoms with Crippen LogP contribution in [0.15, 0.2) is 83.6 Å². The number of hydrazine groups is 1. The molecule has 0 fully saturated rings. The van der Waals surface area contributed by atoms with Gasteiger partial charge in [-0.3, -0.25) is 25.4 Å². The highest BCUT2D eigenvalue weighted by Crippen LogP contribution is 2.25. The van der Waals surface area contributed by atoms with E-state index in [-0.39, 0.29) is 5.69 Å². The van der Waals surface area contributed by atoms with Crippen LogP contribution in [0.25, 0.3) is 33.4 Å². The van der Waals surface area contributed by atoms with Gasteiger partial charge >= 0.3 is 0 Å². The van der Waals surface area contributed by atoms with Gasteiger partial charge in [0.05, 0.1) is 34.6 Å². The third-order valence-electron chi connectivity index (χ3n) is 4.71. The summed E-state index contributed by atoms with van der Waals surface area (Å²) in [4.78, 5) is 38.4. The first kappa shape index (κ1) is 18.4. The topological polar surface area (TPSA) is 110 Å². The number of hydrogen-bond donors (Lipinski definition) is 2. The zero-order chi connectivity index (χ0) is 21.2. The van der Waals surface area contributed by atoms with Gasteiger partial charge in [0.2, 0.25) is 0 Å². The molecule has 0 aliphatic heterocycles. The van der Waals surface area contributed by atoms with E-state index < -0.39 is 11.8 Å². The van der Waals surface area contributed by atoms with E-state index >= 15 is 0 Å². The van der Waals surface area contributed by atoms with Crippen LogP contribution < -0.4 is 10.9 Å². The highest BCUT2D eigenvalue weighted by atomic mass is 16.3. The first-order valence-electron chi connectivity index (χ1n) is 9.45. The van der Waals surface area contributed by atoms with E-state index in [4.69, 9.17) is 4.42 Å². The number of hydrogen-bond acceptors (Lipinski definition) is 6. The fourth-order valence-corrected chi connectivity index (χ4v) is 3.23. The number of carbonyl (C=O) groups is 2. The molecule has 5 rings (SSSR count). The molecule has 3 aromatic heterocycles. The lowest BCUT2D eigenvalue weighted by molar-refractivity contribution is 0.0845. The Kier molecular flexibility index (Phi) is 4.57. The summed E-state index contributed by atoms with van der Waals surface area (Å²) in [7, 11) is 0. The number of aromatic nitrogens is 3. The Morgan fingerprint density at radius 1 is 0.774 bits per heavy atom. The smallest absolute Gasteiger partial charge is 0.289 e. The van der Waals surface area contributed by atoms with Gasteiger partial charge in [-0.1, -0.05) is 30.3 Å². The second-order valence-corrected chi connectivity index (χ2v) is 6.70. The molecule has 0 aliphatic carbocycles. The van der Waals surface area contributed by atoms with Crippen molar-refractivity contribution in [1.29, 1.82) is 0 Å². The Morgan fingerprint density at radius 3 is 2.32 bits per heavy atom. The van der Waals surface area contributed by atoms with E-state index in [0.717, 1.165) is 0 Å². The molecule has 2 aromatic carbocycles. The largest absolute Gasteiger partial charge is 0.463 e. The maximum absolute atomic E-state index is 12.9. The molecule has 5 aromatic rings. The number of benzene rings is 2. The van der Waals surface area contributed by atoms with Crippen LogP contribution in [0.1, 0.15) is 20.8 Å². The Bertz CT molecular complexity index is 1430. The second-order valence-electron chi connectivity index (χ2n) is 6.70. The molecule has 8 nitrogen and oxygen atoms in total. The van der Waals surface area contributed by atoms with Crippen molar-refractivity contribution < 1.29 is 14.0 Å². The number of pyridine rings is 1. The van der Waals surface area contributed by atoms with Gasteiger partial charge in [0.15, 0.2) is 5.76 Å². The summed E-state index contributed by atoms with van der Waals surface area (Å²) in [6, 6.07) is 19.6. The van der Waals surface area contributed by atoms with Crippen molar-refractivity contribution in [3.8, 4) is 11.5 Å². The lowest BCUT2D eigenvalue weighted by atomic mass is 10.1. The van der Waals surface area contributed by atoms with Crippen LogP contribution in [-0.4, -0.2) is 26.8 Å².